The molecule has 1 atom stereocenters. The Labute approximate surface area is 147 Å². The molecule has 0 radical (unpaired) electrons. The van der Waals surface area contributed by atoms with Gasteiger partial charge in [0.1, 0.15) is 0 Å². The van der Waals surface area contributed by atoms with E-state index in [4.69, 9.17) is 9.84 Å². The molecule has 2 aromatic carbocycles. The van der Waals surface area contributed by atoms with Crippen LogP contribution >= 0.6 is 0 Å². The minimum Gasteiger partial charge on any atom is -0.481 e. The van der Waals surface area contributed by atoms with E-state index in [-0.39, 0.29) is 12.8 Å². The van der Waals surface area contributed by atoms with E-state index in [0.717, 1.165) is 17.4 Å². The van der Waals surface area contributed by atoms with E-state index < -0.39 is 21.7 Å². The first kappa shape index (κ1) is 19.1. The van der Waals surface area contributed by atoms with Crippen molar-refractivity contribution < 1.29 is 23.1 Å². The topological polar surface area (TPSA) is 92.7 Å². The normalized spacial score (nSPS) is 14.0. The molecule has 0 amide bonds. The number of carboxylic acid groups (broad SMARTS) is 1. The molecule has 0 aliphatic heterocycles. The van der Waals surface area contributed by atoms with Crippen LogP contribution < -0.4 is 4.72 Å². The first-order valence-electron chi connectivity index (χ1n) is 7.67. The number of carboxylic acids is 1. The lowest BCUT2D eigenvalue weighted by Gasteiger charge is -2.33. The monoisotopic (exact) mass is 363 g/mol. The molecular formula is C18H21NO5S. The second-order valence-corrected chi connectivity index (χ2v) is 7.49. The van der Waals surface area contributed by atoms with Crippen molar-refractivity contribution in [2.24, 2.45) is 0 Å². The quantitative estimate of drug-likeness (QED) is 0.703. The van der Waals surface area contributed by atoms with Gasteiger partial charge in [-0.25, -0.2) is 8.42 Å². The Hall–Kier alpha value is -2.22. The summed E-state index contributed by atoms with van der Waals surface area (Å²) in [6.45, 7) is 0. The molecule has 0 saturated heterocycles. The second kappa shape index (κ2) is 7.77. The van der Waals surface area contributed by atoms with Crippen molar-refractivity contribution in [3.63, 3.8) is 0 Å². The zero-order valence-corrected chi connectivity index (χ0v) is 14.9. The van der Waals surface area contributed by atoms with Crippen LogP contribution in [0.4, 0.5) is 0 Å². The smallest absolute Gasteiger partial charge is 0.303 e. The van der Waals surface area contributed by atoms with Gasteiger partial charge in [0.2, 0.25) is 10.0 Å². The van der Waals surface area contributed by atoms with Crippen LogP contribution in [-0.4, -0.2) is 32.9 Å². The summed E-state index contributed by atoms with van der Waals surface area (Å²) >= 11 is 0. The fourth-order valence-corrected chi connectivity index (χ4v) is 3.56. The van der Waals surface area contributed by atoms with Gasteiger partial charge in [-0.1, -0.05) is 54.6 Å². The summed E-state index contributed by atoms with van der Waals surface area (Å²) in [4.78, 5) is 11.0. The number of rotatable bonds is 8. The Morgan fingerprint density at radius 1 is 1.08 bits per heavy atom. The van der Waals surface area contributed by atoms with Gasteiger partial charge in [-0.2, -0.15) is 4.72 Å². The Morgan fingerprint density at radius 2 is 1.64 bits per heavy atom. The van der Waals surface area contributed by atoms with Crippen LogP contribution in [0.1, 0.15) is 18.4 Å². The molecule has 0 spiro atoms. The summed E-state index contributed by atoms with van der Waals surface area (Å²) in [6, 6.07) is 16.9. The average molecular weight is 363 g/mol. The summed E-state index contributed by atoms with van der Waals surface area (Å²) in [6.07, 6.45) is 0.743. The predicted octanol–water partition coefficient (Wildman–Crippen LogP) is 2.57. The maximum atomic E-state index is 11.8. The molecule has 0 saturated carbocycles. The second-order valence-electron chi connectivity index (χ2n) is 5.74. The van der Waals surface area contributed by atoms with Gasteiger partial charge in [-0.15, -0.1) is 0 Å². The molecular weight excluding hydrogens is 342 g/mol. The van der Waals surface area contributed by atoms with Gasteiger partial charge >= 0.3 is 5.97 Å². The third-order valence-electron chi connectivity index (χ3n) is 3.85. The maximum absolute atomic E-state index is 11.8. The zero-order valence-electron chi connectivity index (χ0n) is 14.1. The third kappa shape index (κ3) is 5.12. The van der Waals surface area contributed by atoms with Crippen LogP contribution in [-0.2, 0) is 25.3 Å². The van der Waals surface area contributed by atoms with Gasteiger partial charge < -0.3 is 9.84 Å². The molecule has 0 aliphatic rings. The Morgan fingerprint density at radius 3 is 2.12 bits per heavy atom. The summed E-state index contributed by atoms with van der Waals surface area (Å²) in [5, 5.41) is 8.98. The van der Waals surface area contributed by atoms with E-state index in [0.29, 0.717) is 5.56 Å². The van der Waals surface area contributed by atoms with E-state index in [1.807, 2.05) is 42.5 Å². The van der Waals surface area contributed by atoms with E-state index in [1.54, 1.807) is 12.1 Å². The molecule has 7 heteroatoms. The van der Waals surface area contributed by atoms with Crippen molar-refractivity contribution in [3.8, 4) is 11.1 Å². The molecule has 134 valence electrons. The number of benzene rings is 2. The van der Waals surface area contributed by atoms with E-state index in [9.17, 15) is 13.2 Å². The van der Waals surface area contributed by atoms with Crippen molar-refractivity contribution in [2.45, 2.75) is 18.6 Å². The molecule has 6 nitrogen and oxygen atoms in total. The number of hydrogen-bond acceptors (Lipinski definition) is 4. The molecule has 0 bridgehead atoms. The largest absolute Gasteiger partial charge is 0.481 e. The number of sulfonamides is 1. The molecule has 2 aromatic rings. The highest BCUT2D eigenvalue weighted by Gasteiger charge is 2.35. The highest BCUT2D eigenvalue weighted by atomic mass is 32.2. The van der Waals surface area contributed by atoms with E-state index >= 15 is 0 Å². The third-order valence-corrected chi connectivity index (χ3v) is 4.55. The number of hydrogen-bond donors (Lipinski definition) is 2. The summed E-state index contributed by atoms with van der Waals surface area (Å²) < 4.78 is 31.4. The van der Waals surface area contributed by atoms with Crippen molar-refractivity contribution in [1.29, 1.82) is 0 Å². The van der Waals surface area contributed by atoms with E-state index in [2.05, 4.69) is 4.72 Å². The van der Waals surface area contributed by atoms with Crippen molar-refractivity contribution in [1.82, 2.24) is 4.72 Å². The number of nitrogens with one attached hydrogen (secondary N) is 1. The number of ether oxygens (including phenoxy) is 1. The lowest BCUT2D eigenvalue weighted by molar-refractivity contribution is -0.139. The zero-order chi connectivity index (χ0) is 18.5. The summed E-state index contributed by atoms with van der Waals surface area (Å²) in [5.41, 5.74) is 1.10. The van der Waals surface area contributed by atoms with Crippen LogP contribution in [0.3, 0.4) is 0 Å². The van der Waals surface area contributed by atoms with Crippen LogP contribution in [0, 0.1) is 0 Å². The van der Waals surface area contributed by atoms with Gasteiger partial charge in [0.25, 0.3) is 0 Å². The first-order valence-corrected chi connectivity index (χ1v) is 9.57. The minimum absolute atomic E-state index is 0.0312. The van der Waals surface area contributed by atoms with Crippen LogP contribution in [0.2, 0.25) is 0 Å². The molecule has 0 aromatic heterocycles. The molecule has 25 heavy (non-hydrogen) atoms. The molecule has 1 unspecified atom stereocenters. The average Bonchev–Trinajstić information content (AvgIpc) is 2.58. The Kier molecular flexibility index (Phi) is 5.94. The van der Waals surface area contributed by atoms with Crippen molar-refractivity contribution in [3.05, 3.63) is 60.2 Å². The lowest BCUT2D eigenvalue weighted by Crippen LogP contribution is -2.47. The highest BCUT2D eigenvalue weighted by Crippen LogP contribution is 2.30. The molecule has 2 rings (SSSR count). The fraction of sp³-hybridized carbons (Fsp3) is 0.278. The van der Waals surface area contributed by atoms with Gasteiger partial charge in [0.05, 0.1) is 6.26 Å². The summed E-state index contributed by atoms with van der Waals surface area (Å²) in [7, 11) is -2.27. The maximum Gasteiger partial charge on any atom is 0.303 e. The standard InChI is InChI=1S/C18H21NO5S/c1-24-18(13-12-17(20)21,19-25(2,22)23)16-10-8-15(9-11-16)14-6-4-3-5-7-14/h3-11,19H,12-13H2,1-2H3,(H,20,21). The van der Waals surface area contributed by atoms with Crippen molar-refractivity contribution >= 4 is 16.0 Å². The molecule has 2 N–H and O–H groups in total. The highest BCUT2D eigenvalue weighted by molar-refractivity contribution is 7.88. The lowest BCUT2D eigenvalue weighted by atomic mass is 9.95. The van der Waals surface area contributed by atoms with Gasteiger partial charge in [0.15, 0.2) is 5.72 Å². The molecule has 0 fully saturated rings. The minimum atomic E-state index is -3.62. The number of carbonyl (C=O) groups is 1. The SMILES string of the molecule is COC(CCC(=O)O)(NS(C)(=O)=O)c1ccc(-c2ccccc2)cc1. The molecule has 0 heterocycles. The number of methoxy groups -OCH3 is 1. The predicted molar refractivity (Wildman–Crippen MR) is 95.4 cm³/mol. The van der Waals surface area contributed by atoms with Crippen molar-refractivity contribution in [2.75, 3.05) is 13.4 Å². The first-order chi connectivity index (χ1) is 11.8. The fourth-order valence-electron chi connectivity index (χ4n) is 2.66. The van der Waals surface area contributed by atoms with Crippen LogP contribution in [0.5, 0.6) is 0 Å². The van der Waals surface area contributed by atoms with Crippen LogP contribution in [0.15, 0.2) is 54.6 Å². The van der Waals surface area contributed by atoms with E-state index in [1.165, 1.54) is 7.11 Å². The van der Waals surface area contributed by atoms with Gasteiger partial charge in [-0.3, -0.25) is 4.79 Å². The van der Waals surface area contributed by atoms with Crippen LogP contribution in [0.25, 0.3) is 11.1 Å². The Bertz CT molecular complexity index is 818. The van der Waals surface area contributed by atoms with Gasteiger partial charge in [-0.05, 0) is 16.7 Å². The molecule has 0 aliphatic carbocycles. The Balaban J connectivity index is 2.40. The summed E-state index contributed by atoms with van der Waals surface area (Å²) in [5.74, 6) is -1.03. The number of aliphatic carboxylic acids is 1. The van der Waals surface area contributed by atoms with Gasteiger partial charge in [0, 0.05) is 20.0 Å².